The molecule has 28 heavy (non-hydrogen) atoms. The summed E-state index contributed by atoms with van der Waals surface area (Å²) in [4.78, 5) is 37.3. The SMILES string of the molecule is COCCNc1ccc([N+](=O)[O-])cc1C(=O)OCC(=O)N1[C@@H](C)CCC[C@@H]1C. The van der Waals surface area contributed by atoms with Crippen molar-refractivity contribution < 1.29 is 24.0 Å². The molecule has 9 heteroatoms. The van der Waals surface area contributed by atoms with Crippen molar-refractivity contribution >= 4 is 23.3 Å². The molecule has 1 heterocycles. The molecule has 1 aliphatic rings. The second kappa shape index (κ2) is 10.0. The minimum absolute atomic E-state index is 0.0119. The molecule has 0 aromatic heterocycles. The standard InChI is InChI=1S/C19H27N3O6/c1-13-5-4-6-14(2)21(13)18(23)12-28-19(24)16-11-15(22(25)26)7-8-17(16)20-9-10-27-3/h7-8,11,13-14,20H,4-6,9-10,12H2,1-3H3/t13-,14-/m0/s1. The normalized spacial score (nSPS) is 19.2. The lowest BCUT2D eigenvalue weighted by Gasteiger charge is -2.38. The van der Waals surface area contributed by atoms with Gasteiger partial charge in [-0.15, -0.1) is 0 Å². The van der Waals surface area contributed by atoms with E-state index in [0.717, 1.165) is 25.3 Å². The number of hydrogen-bond acceptors (Lipinski definition) is 7. The number of piperidine rings is 1. The van der Waals surface area contributed by atoms with Gasteiger partial charge in [-0.25, -0.2) is 4.79 Å². The molecule has 154 valence electrons. The van der Waals surface area contributed by atoms with Crippen LogP contribution in [0.25, 0.3) is 0 Å². The Morgan fingerprint density at radius 1 is 1.29 bits per heavy atom. The summed E-state index contributed by atoms with van der Waals surface area (Å²) in [5.41, 5.74) is 0.173. The van der Waals surface area contributed by atoms with Crippen LogP contribution in [0.15, 0.2) is 18.2 Å². The first kappa shape index (κ1) is 21.6. The monoisotopic (exact) mass is 393 g/mol. The van der Waals surface area contributed by atoms with Crippen molar-refractivity contribution in [3.05, 3.63) is 33.9 Å². The maximum atomic E-state index is 12.5. The maximum absolute atomic E-state index is 12.5. The number of hydrogen-bond donors (Lipinski definition) is 1. The molecule has 9 nitrogen and oxygen atoms in total. The molecule has 1 saturated heterocycles. The number of nitrogens with zero attached hydrogens (tertiary/aromatic N) is 2. The highest BCUT2D eigenvalue weighted by atomic mass is 16.6. The highest BCUT2D eigenvalue weighted by Crippen LogP contribution is 2.24. The summed E-state index contributed by atoms with van der Waals surface area (Å²) < 4.78 is 10.2. The zero-order valence-corrected chi connectivity index (χ0v) is 16.5. The van der Waals surface area contributed by atoms with Crippen LogP contribution >= 0.6 is 0 Å². The van der Waals surface area contributed by atoms with Crippen LogP contribution < -0.4 is 5.32 Å². The molecule has 0 spiro atoms. The van der Waals surface area contributed by atoms with Crippen molar-refractivity contribution in [3.63, 3.8) is 0 Å². The van der Waals surface area contributed by atoms with Gasteiger partial charge >= 0.3 is 5.97 Å². The number of ether oxygens (including phenoxy) is 2. The zero-order valence-electron chi connectivity index (χ0n) is 16.5. The number of benzene rings is 1. The molecular formula is C19H27N3O6. The summed E-state index contributed by atoms with van der Waals surface area (Å²) in [5, 5.41) is 14.0. The largest absolute Gasteiger partial charge is 0.452 e. The Morgan fingerprint density at radius 3 is 2.57 bits per heavy atom. The van der Waals surface area contributed by atoms with Crippen molar-refractivity contribution in [2.24, 2.45) is 0 Å². The third-order valence-electron chi connectivity index (χ3n) is 4.86. The Hall–Kier alpha value is -2.68. The van der Waals surface area contributed by atoms with Crippen molar-refractivity contribution in [2.45, 2.75) is 45.2 Å². The molecule has 0 aliphatic carbocycles. The molecule has 0 radical (unpaired) electrons. The summed E-state index contributed by atoms with van der Waals surface area (Å²) in [6, 6.07) is 4.08. The average Bonchev–Trinajstić information content (AvgIpc) is 2.66. The molecule has 0 bridgehead atoms. The van der Waals surface area contributed by atoms with Gasteiger partial charge in [-0.2, -0.15) is 0 Å². The lowest BCUT2D eigenvalue weighted by atomic mass is 9.97. The summed E-state index contributed by atoms with van der Waals surface area (Å²) in [6.07, 6.45) is 2.90. The van der Waals surface area contributed by atoms with Crippen LogP contribution in [0.4, 0.5) is 11.4 Å². The Morgan fingerprint density at radius 2 is 1.96 bits per heavy atom. The van der Waals surface area contributed by atoms with E-state index in [9.17, 15) is 19.7 Å². The number of likely N-dealkylation sites (tertiary alicyclic amines) is 1. The smallest absolute Gasteiger partial charge is 0.341 e. The van der Waals surface area contributed by atoms with E-state index in [4.69, 9.17) is 9.47 Å². The number of esters is 1. The van der Waals surface area contributed by atoms with Crippen LogP contribution in [-0.2, 0) is 14.3 Å². The van der Waals surface area contributed by atoms with Gasteiger partial charge in [-0.05, 0) is 39.2 Å². The van der Waals surface area contributed by atoms with Gasteiger partial charge in [0.05, 0.1) is 17.1 Å². The number of carbonyl (C=O) groups is 2. The third kappa shape index (κ3) is 5.41. The number of anilines is 1. The highest BCUT2D eigenvalue weighted by Gasteiger charge is 2.29. The molecule has 1 aromatic rings. The van der Waals surface area contributed by atoms with Crippen LogP contribution in [0.3, 0.4) is 0 Å². The number of amides is 1. The van der Waals surface area contributed by atoms with Gasteiger partial charge in [0.1, 0.15) is 0 Å². The molecule has 2 rings (SSSR count). The lowest BCUT2D eigenvalue weighted by molar-refractivity contribution is -0.384. The van der Waals surface area contributed by atoms with E-state index in [-0.39, 0.29) is 29.2 Å². The molecular weight excluding hydrogens is 366 g/mol. The molecule has 1 N–H and O–H groups in total. The first-order valence-corrected chi connectivity index (χ1v) is 9.34. The van der Waals surface area contributed by atoms with E-state index in [1.54, 1.807) is 12.0 Å². The van der Waals surface area contributed by atoms with Gasteiger partial charge in [0.2, 0.25) is 0 Å². The average molecular weight is 393 g/mol. The van der Waals surface area contributed by atoms with Crippen molar-refractivity contribution in [3.8, 4) is 0 Å². The Labute approximate surface area is 164 Å². The quantitative estimate of drug-likeness (QED) is 0.313. The number of carbonyl (C=O) groups excluding carboxylic acids is 2. The van der Waals surface area contributed by atoms with Gasteiger partial charge in [0, 0.05) is 43.6 Å². The number of nitro benzene ring substituents is 1. The van der Waals surface area contributed by atoms with Gasteiger partial charge < -0.3 is 19.7 Å². The van der Waals surface area contributed by atoms with Crippen LogP contribution in [-0.4, -0.2) is 60.7 Å². The predicted molar refractivity (Wildman–Crippen MR) is 103 cm³/mol. The molecule has 1 amide bonds. The van der Waals surface area contributed by atoms with E-state index in [0.29, 0.717) is 18.8 Å². The molecule has 1 aromatic carbocycles. The second-order valence-corrected chi connectivity index (χ2v) is 6.91. The number of methoxy groups -OCH3 is 1. The fourth-order valence-electron chi connectivity index (χ4n) is 3.45. The van der Waals surface area contributed by atoms with Crippen molar-refractivity contribution in [1.29, 1.82) is 0 Å². The second-order valence-electron chi connectivity index (χ2n) is 6.91. The third-order valence-corrected chi connectivity index (χ3v) is 4.86. The first-order chi connectivity index (χ1) is 13.3. The fourth-order valence-corrected chi connectivity index (χ4v) is 3.45. The predicted octanol–water partition coefficient (Wildman–Crippen LogP) is 2.60. The number of rotatable bonds is 8. The topological polar surface area (TPSA) is 111 Å². The van der Waals surface area contributed by atoms with E-state index in [2.05, 4.69) is 5.32 Å². The molecule has 1 fully saturated rings. The lowest BCUT2D eigenvalue weighted by Crippen LogP contribution is -2.49. The highest BCUT2D eigenvalue weighted by molar-refractivity contribution is 5.97. The first-order valence-electron chi connectivity index (χ1n) is 9.34. The minimum Gasteiger partial charge on any atom is -0.452 e. The van der Waals surface area contributed by atoms with Crippen LogP contribution in [0.5, 0.6) is 0 Å². The van der Waals surface area contributed by atoms with E-state index in [1.807, 2.05) is 13.8 Å². The van der Waals surface area contributed by atoms with E-state index >= 15 is 0 Å². The zero-order chi connectivity index (χ0) is 20.7. The van der Waals surface area contributed by atoms with Gasteiger partial charge in [0.15, 0.2) is 6.61 Å². The summed E-state index contributed by atoms with van der Waals surface area (Å²) >= 11 is 0. The Kier molecular flexibility index (Phi) is 7.74. The summed E-state index contributed by atoms with van der Waals surface area (Å²) in [6.45, 7) is 4.38. The van der Waals surface area contributed by atoms with Crippen molar-refractivity contribution in [1.82, 2.24) is 4.90 Å². The summed E-state index contributed by atoms with van der Waals surface area (Å²) in [5.74, 6) is -1.04. The van der Waals surface area contributed by atoms with E-state index in [1.165, 1.54) is 12.1 Å². The van der Waals surface area contributed by atoms with Gasteiger partial charge in [-0.1, -0.05) is 0 Å². The number of nitro groups is 1. The fraction of sp³-hybridized carbons (Fsp3) is 0.579. The van der Waals surface area contributed by atoms with Crippen LogP contribution in [0.2, 0.25) is 0 Å². The van der Waals surface area contributed by atoms with Gasteiger partial charge in [0.25, 0.3) is 11.6 Å². The molecule has 0 unspecified atom stereocenters. The molecule has 2 atom stereocenters. The minimum atomic E-state index is -0.783. The van der Waals surface area contributed by atoms with Crippen LogP contribution in [0.1, 0.15) is 43.5 Å². The van der Waals surface area contributed by atoms with Gasteiger partial charge in [-0.3, -0.25) is 14.9 Å². The molecule has 0 saturated carbocycles. The Bertz CT molecular complexity index is 714. The maximum Gasteiger partial charge on any atom is 0.341 e. The molecule has 1 aliphatic heterocycles. The Balaban J connectivity index is 2.09. The van der Waals surface area contributed by atoms with E-state index < -0.39 is 17.5 Å². The number of nitrogens with one attached hydrogen (secondary N) is 1. The number of non-ortho nitro benzene ring substituents is 1. The van der Waals surface area contributed by atoms with Crippen LogP contribution in [0, 0.1) is 10.1 Å². The van der Waals surface area contributed by atoms with Crippen molar-refractivity contribution in [2.75, 3.05) is 32.2 Å². The summed E-state index contributed by atoms with van der Waals surface area (Å²) in [7, 11) is 1.54.